The van der Waals surface area contributed by atoms with Crippen LogP contribution in [0.2, 0.25) is 0 Å². The van der Waals surface area contributed by atoms with Gasteiger partial charge < -0.3 is 5.32 Å². The molecule has 0 saturated carbocycles. The monoisotopic (exact) mass is 330 g/mol. The average Bonchev–Trinajstić information content (AvgIpc) is 3.13. The fourth-order valence-corrected chi connectivity index (χ4v) is 4.02. The average molecular weight is 330 g/mol. The van der Waals surface area contributed by atoms with Crippen LogP contribution in [0.25, 0.3) is 0 Å². The summed E-state index contributed by atoms with van der Waals surface area (Å²) in [6.07, 6.45) is 1.91. The van der Waals surface area contributed by atoms with Crippen LogP contribution in [0.5, 0.6) is 0 Å². The molecule has 0 aliphatic rings. The predicted octanol–water partition coefficient (Wildman–Crippen LogP) is 0.282. The van der Waals surface area contributed by atoms with Gasteiger partial charge in [-0.2, -0.15) is 5.21 Å². The molecular formula is C11H18N6O2S2. The molecule has 3 N–H and O–H groups in total. The molecule has 0 aliphatic heterocycles. The van der Waals surface area contributed by atoms with Crippen LogP contribution in [0.3, 0.4) is 0 Å². The molecule has 21 heavy (non-hydrogen) atoms. The quantitative estimate of drug-likeness (QED) is 0.569. The molecule has 0 amide bonds. The van der Waals surface area contributed by atoms with Gasteiger partial charge in [0.25, 0.3) is 0 Å². The Morgan fingerprint density at radius 1 is 1.33 bits per heavy atom. The van der Waals surface area contributed by atoms with Crippen molar-refractivity contribution in [2.75, 3.05) is 13.1 Å². The zero-order chi connectivity index (χ0) is 15.1. The number of nitrogens with zero attached hydrogens (tertiary/aromatic N) is 3. The van der Waals surface area contributed by atoms with E-state index in [1.165, 1.54) is 11.3 Å². The van der Waals surface area contributed by atoms with Gasteiger partial charge >= 0.3 is 0 Å². The maximum atomic E-state index is 12.1. The Kier molecular flexibility index (Phi) is 5.79. The number of H-pyrrole nitrogens is 1. The molecular weight excluding hydrogens is 312 g/mol. The number of rotatable bonds is 9. The summed E-state index contributed by atoms with van der Waals surface area (Å²) in [5, 5.41) is 16.3. The summed E-state index contributed by atoms with van der Waals surface area (Å²) in [6, 6.07) is 3.47. The van der Waals surface area contributed by atoms with Crippen LogP contribution in [0.1, 0.15) is 24.0 Å². The first-order chi connectivity index (χ1) is 10.1. The first-order valence-corrected chi connectivity index (χ1v) is 8.93. The Morgan fingerprint density at radius 2 is 2.19 bits per heavy atom. The van der Waals surface area contributed by atoms with Crippen molar-refractivity contribution in [2.24, 2.45) is 0 Å². The van der Waals surface area contributed by atoms with Crippen molar-refractivity contribution >= 4 is 21.4 Å². The largest absolute Gasteiger partial charge is 0.316 e. The lowest BCUT2D eigenvalue weighted by atomic mass is 10.3. The van der Waals surface area contributed by atoms with E-state index in [1.54, 1.807) is 6.07 Å². The van der Waals surface area contributed by atoms with Crippen LogP contribution >= 0.6 is 11.3 Å². The standard InChI is InChI=1S/C11H18N6O2S2/c1-2-6-12-7-5-9-3-4-11(20-9)21(18,19)13-8-10-14-16-17-15-10/h3-4,12-13H,2,5-8H2,1H3,(H,14,15,16,17). The molecule has 8 nitrogen and oxygen atoms in total. The highest BCUT2D eigenvalue weighted by Gasteiger charge is 2.17. The number of hydrogen-bond donors (Lipinski definition) is 3. The lowest BCUT2D eigenvalue weighted by Crippen LogP contribution is -2.23. The number of thiophene rings is 1. The van der Waals surface area contributed by atoms with Crippen LogP contribution in [0.4, 0.5) is 0 Å². The van der Waals surface area contributed by atoms with E-state index in [9.17, 15) is 8.42 Å². The van der Waals surface area contributed by atoms with Gasteiger partial charge in [0.1, 0.15) is 4.21 Å². The first kappa shape index (κ1) is 16.0. The molecule has 0 unspecified atom stereocenters. The van der Waals surface area contributed by atoms with E-state index in [2.05, 4.69) is 37.6 Å². The summed E-state index contributed by atoms with van der Waals surface area (Å²) in [6.45, 7) is 3.95. The summed E-state index contributed by atoms with van der Waals surface area (Å²) in [7, 11) is -3.52. The van der Waals surface area contributed by atoms with Crippen LogP contribution in [-0.2, 0) is 23.0 Å². The summed E-state index contributed by atoms with van der Waals surface area (Å²) in [4.78, 5) is 1.04. The molecule has 2 aromatic rings. The van der Waals surface area contributed by atoms with Crippen molar-refractivity contribution in [3.63, 3.8) is 0 Å². The van der Waals surface area contributed by atoms with E-state index >= 15 is 0 Å². The number of aromatic nitrogens is 4. The van der Waals surface area contributed by atoms with E-state index < -0.39 is 10.0 Å². The minimum absolute atomic E-state index is 0.0180. The van der Waals surface area contributed by atoms with Gasteiger partial charge in [0.2, 0.25) is 10.0 Å². The van der Waals surface area contributed by atoms with Gasteiger partial charge in [-0.15, -0.1) is 21.5 Å². The maximum absolute atomic E-state index is 12.1. The zero-order valence-electron chi connectivity index (χ0n) is 11.7. The normalized spacial score (nSPS) is 11.9. The van der Waals surface area contributed by atoms with Crippen molar-refractivity contribution in [2.45, 2.75) is 30.5 Å². The van der Waals surface area contributed by atoms with Gasteiger partial charge in [-0.25, -0.2) is 13.1 Å². The molecule has 10 heteroatoms. The van der Waals surface area contributed by atoms with Crippen LogP contribution < -0.4 is 10.0 Å². The molecule has 2 rings (SSSR count). The minimum Gasteiger partial charge on any atom is -0.316 e. The highest BCUT2D eigenvalue weighted by molar-refractivity contribution is 7.91. The second-order valence-electron chi connectivity index (χ2n) is 4.37. The smallest absolute Gasteiger partial charge is 0.250 e. The molecule has 2 heterocycles. The Bertz CT molecular complexity index is 637. The Morgan fingerprint density at radius 3 is 2.90 bits per heavy atom. The van der Waals surface area contributed by atoms with E-state index in [0.29, 0.717) is 10.0 Å². The van der Waals surface area contributed by atoms with Crippen molar-refractivity contribution < 1.29 is 8.42 Å². The van der Waals surface area contributed by atoms with Gasteiger partial charge in [-0.1, -0.05) is 12.1 Å². The van der Waals surface area contributed by atoms with E-state index in [-0.39, 0.29) is 6.54 Å². The fraction of sp³-hybridized carbons (Fsp3) is 0.545. The summed E-state index contributed by atoms with van der Waals surface area (Å²) < 4.78 is 27.0. The van der Waals surface area contributed by atoms with E-state index in [0.717, 1.165) is 30.8 Å². The molecule has 2 aromatic heterocycles. The molecule has 0 bridgehead atoms. The van der Waals surface area contributed by atoms with Crippen molar-refractivity contribution in [3.05, 3.63) is 22.8 Å². The number of nitrogens with one attached hydrogen (secondary N) is 3. The maximum Gasteiger partial charge on any atom is 0.250 e. The summed E-state index contributed by atoms with van der Waals surface area (Å²) in [5.74, 6) is 0.305. The van der Waals surface area contributed by atoms with E-state index in [1.807, 2.05) is 6.07 Å². The predicted molar refractivity (Wildman–Crippen MR) is 79.4 cm³/mol. The molecule has 116 valence electrons. The molecule has 0 saturated heterocycles. The molecule has 0 radical (unpaired) electrons. The Hall–Kier alpha value is -1.36. The summed E-state index contributed by atoms with van der Waals surface area (Å²) in [5.41, 5.74) is 0. The summed E-state index contributed by atoms with van der Waals surface area (Å²) >= 11 is 1.28. The Labute approximate surface area is 127 Å². The first-order valence-electron chi connectivity index (χ1n) is 6.63. The number of tetrazole rings is 1. The molecule has 0 aromatic carbocycles. The van der Waals surface area contributed by atoms with Crippen molar-refractivity contribution in [1.82, 2.24) is 30.7 Å². The van der Waals surface area contributed by atoms with Gasteiger partial charge in [-0.05, 0) is 38.1 Å². The SMILES string of the molecule is CCCNCCc1ccc(S(=O)(=O)NCc2nn[nH]n2)s1. The number of hydrogen-bond acceptors (Lipinski definition) is 7. The van der Waals surface area contributed by atoms with Crippen molar-refractivity contribution in [1.29, 1.82) is 0 Å². The Balaban J connectivity index is 1.89. The third-order valence-electron chi connectivity index (χ3n) is 2.69. The van der Waals surface area contributed by atoms with Crippen LogP contribution in [0.15, 0.2) is 16.3 Å². The molecule has 0 aliphatic carbocycles. The van der Waals surface area contributed by atoms with Gasteiger partial charge in [0.15, 0.2) is 5.82 Å². The highest BCUT2D eigenvalue weighted by Crippen LogP contribution is 2.21. The van der Waals surface area contributed by atoms with Crippen LogP contribution in [0, 0.1) is 0 Å². The highest BCUT2D eigenvalue weighted by atomic mass is 32.2. The second kappa shape index (κ2) is 7.59. The zero-order valence-corrected chi connectivity index (χ0v) is 13.3. The van der Waals surface area contributed by atoms with Gasteiger partial charge in [0.05, 0.1) is 6.54 Å². The third kappa shape index (κ3) is 4.84. The molecule has 0 spiro atoms. The molecule has 0 atom stereocenters. The van der Waals surface area contributed by atoms with E-state index in [4.69, 9.17) is 0 Å². The van der Waals surface area contributed by atoms with Gasteiger partial charge in [-0.3, -0.25) is 0 Å². The lowest BCUT2D eigenvalue weighted by molar-refractivity contribution is 0.581. The van der Waals surface area contributed by atoms with Crippen molar-refractivity contribution in [3.8, 4) is 0 Å². The fourth-order valence-electron chi connectivity index (χ4n) is 1.64. The second-order valence-corrected chi connectivity index (χ2v) is 7.54. The topological polar surface area (TPSA) is 113 Å². The lowest BCUT2D eigenvalue weighted by Gasteiger charge is -2.02. The third-order valence-corrected chi connectivity index (χ3v) is 5.72. The van der Waals surface area contributed by atoms with Crippen LogP contribution in [-0.4, -0.2) is 42.1 Å². The van der Waals surface area contributed by atoms with Gasteiger partial charge in [0, 0.05) is 4.88 Å². The minimum atomic E-state index is -3.52. The molecule has 0 fully saturated rings. The number of sulfonamides is 1. The number of aromatic amines is 1.